The normalized spacial score (nSPS) is 12.3. The van der Waals surface area contributed by atoms with Crippen LogP contribution in [0.4, 0.5) is 0 Å². The van der Waals surface area contributed by atoms with Gasteiger partial charge in [-0.15, -0.1) is 0 Å². The van der Waals surface area contributed by atoms with Gasteiger partial charge in [-0.1, -0.05) is 84.5 Å². The van der Waals surface area contributed by atoms with Crippen LogP contribution in [0.3, 0.4) is 0 Å². The summed E-state index contributed by atoms with van der Waals surface area (Å²) in [6.07, 6.45) is 16.9. The lowest BCUT2D eigenvalue weighted by molar-refractivity contribution is -0.126. The van der Waals surface area contributed by atoms with Gasteiger partial charge in [0.15, 0.2) is 0 Å². The van der Waals surface area contributed by atoms with Crippen molar-refractivity contribution in [3.63, 3.8) is 0 Å². The van der Waals surface area contributed by atoms with Crippen molar-refractivity contribution < 1.29 is 9.59 Å². The highest BCUT2D eigenvalue weighted by Gasteiger charge is 2.17. The molecule has 2 nitrogen and oxygen atoms in total. The number of carbonyl (C=O) groups is 2. The third kappa shape index (κ3) is 14.7. The molecular formula is C21H40O2. The average Bonchev–Trinajstić information content (AvgIpc) is 2.53. The van der Waals surface area contributed by atoms with E-state index in [1.54, 1.807) is 6.92 Å². The highest BCUT2D eigenvalue weighted by atomic mass is 16.1. The molecule has 0 amide bonds. The van der Waals surface area contributed by atoms with E-state index in [2.05, 4.69) is 13.8 Å². The summed E-state index contributed by atoms with van der Waals surface area (Å²) in [6, 6.07) is 0. The van der Waals surface area contributed by atoms with Crippen molar-refractivity contribution in [2.24, 2.45) is 5.92 Å². The molecule has 0 heterocycles. The molecule has 0 aromatic carbocycles. The lowest BCUT2D eigenvalue weighted by atomic mass is 9.88. The summed E-state index contributed by atoms with van der Waals surface area (Å²) in [6.45, 7) is 6.05. The fourth-order valence-electron chi connectivity index (χ4n) is 3.14. The molecule has 0 aliphatic heterocycles. The summed E-state index contributed by atoms with van der Waals surface area (Å²) >= 11 is 0. The molecule has 0 saturated carbocycles. The fourth-order valence-corrected chi connectivity index (χ4v) is 3.14. The van der Waals surface area contributed by atoms with Gasteiger partial charge in [0.05, 0.1) is 0 Å². The van der Waals surface area contributed by atoms with Gasteiger partial charge in [0.25, 0.3) is 0 Å². The van der Waals surface area contributed by atoms with Crippen molar-refractivity contribution in [2.75, 3.05) is 0 Å². The molecule has 0 aromatic heterocycles. The van der Waals surface area contributed by atoms with Crippen molar-refractivity contribution in [1.29, 1.82) is 0 Å². The predicted octanol–water partition coefficient (Wildman–Crippen LogP) is 6.65. The first-order valence-corrected chi connectivity index (χ1v) is 10.1. The van der Waals surface area contributed by atoms with Gasteiger partial charge in [0.2, 0.25) is 0 Å². The Morgan fingerprint density at radius 1 is 0.652 bits per heavy atom. The number of Topliss-reactive ketones (excluding diaryl/α,β-unsaturated/α-hetero) is 2. The van der Waals surface area contributed by atoms with E-state index in [0.717, 1.165) is 12.8 Å². The number of ketones is 2. The summed E-state index contributed by atoms with van der Waals surface area (Å²) in [4.78, 5) is 23.5. The molecule has 0 N–H and O–H groups in total. The second-order valence-corrected chi connectivity index (χ2v) is 7.12. The zero-order chi connectivity index (χ0) is 17.3. The molecule has 1 unspecified atom stereocenters. The largest absolute Gasteiger partial charge is 0.300 e. The van der Waals surface area contributed by atoms with Gasteiger partial charge in [-0.2, -0.15) is 0 Å². The minimum atomic E-state index is 0.139. The molecule has 0 rings (SSSR count). The zero-order valence-corrected chi connectivity index (χ0v) is 16.0. The Bertz CT molecular complexity index is 296. The molecule has 2 heteroatoms. The van der Waals surface area contributed by atoms with Crippen molar-refractivity contribution in [1.82, 2.24) is 0 Å². The van der Waals surface area contributed by atoms with E-state index in [4.69, 9.17) is 0 Å². The van der Waals surface area contributed by atoms with Crippen LogP contribution in [-0.4, -0.2) is 11.6 Å². The summed E-state index contributed by atoms with van der Waals surface area (Å²) in [5.74, 6) is 0.686. The van der Waals surface area contributed by atoms with Gasteiger partial charge in [0.1, 0.15) is 11.6 Å². The quantitative estimate of drug-likeness (QED) is 0.281. The van der Waals surface area contributed by atoms with Crippen LogP contribution in [0.5, 0.6) is 0 Å². The maximum atomic E-state index is 12.4. The summed E-state index contributed by atoms with van der Waals surface area (Å²) in [5, 5.41) is 0. The van der Waals surface area contributed by atoms with E-state index in [1.807, 2.05) is 0 Å². The highest BCUT2D eigenvalue weighted by Crippen LogP contribution is 2.21. The van der Waals surface area contributed by atoms with E-state index in [0.29, 0.717) is 18.6 Å². The molecule has 0 fully saturated rings. The number of hydrogen-bond acceptors (Lipinski definition) is 2. The number of hydrogen-bond donors (Lipinski definition) is 0. The number of unbranched alkanes of at least 4 members (excludes halogenated alkanes) is 9. The first-order chi connectivity index (χ1) is 11.1. The molecule has 0 spiro atoms. The van der Waals surface area contributed by atoms with Crippen LogP contribution in [0.15, 0.2) is 0 Å². The van der Waals surface area contributed by atoms with E-state index in [-0.39, 0.29) is 11.7 Å². The topological polar surface area (TPSA) is 34.1 Å². The monoisotopic (exact) mass is 324 g/mol. The molecule has 0 bridgehead atoms. The van der Waals surface area contributed by atoms with Crippen molar-refractivity contribution in [2.45, 2.75) is 117 Å². The predicted molar refractivity (Wildman–Crippen MR) is 99.8 cm³/mol. The first-order valence-electron chi connectivity index (χ1n) is 10.1. The Morgan fingerprint density at radius 2 is 1.09 bits per heavy atom. The Morgan fingerprint density at radius 3 is 1.52 bits per heavy atom. The van der Waals surface area contributed by atoms with Gasteiger partial charge in [-0.3, -0.25) is 4.79 Å². The van der Waals surface area contributed by atoms with Crippen LogP contribution in [0.25, 0.3) is 0 Å². The van der Waals surface area contributed by atoms with E-state index < -0.39 is 0 Å². The summed E-state index contributed by atoms with van der Waals surface area (Å²) in [7, 11) is 0. The fraction of sp³-hybridized carbons (Fsp3) is 0.905. The second kappa shape index (κ2) is 16.2. The molecule has 0 aromatic rings. The molecular weight excluding hydrogens is 284 g/mol. The molecule has 0 saturated heterocycles. The molecule has 0 aliphatic rings. The highest BCUT2D eigenvalue weighted by molar-refractivity contribution is 5.86. The smallest absolute Gasteiger partial charge is 0.136 e. The Balaban J connectivity index is 4.04. The van der Waals surface area contributed by atoms with E-state index in [9.17, 15) is 9.59 Å². The maximum absolute atomic E-state index is 12.4. The molecule has 23 heavy (non-hydrogen) atoms. The third-order valence-corrected chi connectivity index (χ3v) is 4.74. The Labute approximate surface area is 144 Å². The van der Waals surface area contributed by atoms with Crippen molar-refractivity contribution in [3.8, 4) is 0 Å². The lowest BCUT2D eigenvalue weighted by Crippen LogP contribution is -2.15. The maximum Gasteiger partial charge on any atom is 0.136 e. The number of carbonyl (C=O) groups excluding carboxylic acids is 2. The van der Waals surface area contributed by atoms with Crippen LogP contribution in [0, 0.1) is 5.92 Å². The number of rotatable bonds is 17. The van der Waals surface area contributed by atoms with Crippen molar-refractivity contribution in [3.05, 3.63) is 0 Å². The first kappa shape index (κ1) is 22.3. The average molecular weight is 325 g/mol. The Hall–Kier alpha value is -0.660. The zero-order valence-electron chi connectivity index (χ0n) is 16.0. The molecule has 136 valence electrons. The van der Waals surface area contributed by atoms with Crippen LogP contribution in [-0.2, 0) is 9.59 Å². The summed E-state index contributed by atoms with van der Waals surface area (Å²) in [5.41, 5.74) is 0. The molecule has 0 aliphatic carbocycles. The molecule has 1 atom stereocenters. The van der Waals surface area contributed by atoms with Crippen LogP contribution in [0.1, 0.15) is 117 Å². The second-order valence-electron chi connectivity index (χ2n) is 7.12. The Kier molecular flexibility index (Phi) is 15.7. The molecule has 0 radical (unpaired) electrons. The van der Waals surface area contributed by atoms with Gasteiger partial charge < -0.3 is 4.79 Å². The minimum Gasteiger partial charge on any atom is -0.300 e. The van der Waals surface area contributed by atoms with Gasteiger partial charge >= 0.3 is 0 Å². The summed E-state index contributed by atoms with van der Waals surface area (Å²) < 4.78 is 0. The standard InChI is InChI=1S/C21H40O2/c1-4-6-8-10-12-14-16-20(15-13-11-9-7-5-2)21(23)18-17-19(3)22/h20H,4-18H2,1-3H3. The SMILES string of the molecule is CCCCCCCCC(CCCCCCC)C(=O)CCC(C)=O. The third-order valence-electron chi connectivity index (χ3n) is 4.74. The van der Waals surface area contributed by atoms with Crippen LogP contribution in [0.2, 0.25) is 0 Å². The van der Waals surface area contributed by atoms with Crippen LogP contribution < -0.4 is 0 Å². The van der Waals surface area contributed by atoms with Gasteiger partial charge in [-0.05, 0) is 19.8 Å². The van der Waals surface area contributed by atoms with Gasteiger partial charge in [-0.25, -0.2) is 0 Å². The van der Waals surface area contributed by atoms with Gasteiger partial charge in [0, 0.05) is 18.8 Å². The van der Waals surface area contributed by atoms with E-state index in [1.165, 1.54) is 70.6 Å². The van der Waals surface area contributed by atoms with Crippen LogP contribution >= 0.6 is 0 Å². The van der Waals surface area contributed by atoms with E-state index >= 15 is 0 Å². The minimum absolute atomic E-state index is 0.139. The lowest BCUT2D eigenvalue weighted by Gasteiger charge is -2.15. The van der Waals surface area contributed by atoms with Crippen molar-refractivity contribution >= 4 is 11.6 Å².